The maximum absolute atomic E-state index is 13.0. The van der Waals surface area contributed by atoms with Crippen molar-refractivity contribution in [2.45, 2.75) is 463 Å². The molecule has 0 radical (unpaired) electrons. The smallest absolute Gasteiger partial charge is 0.306 e. The summed E-state index contributed by atoms with van der Waals surface area (Å²) in [5, 5.41) is 0. The molecule has 0 spiro atoms. The standard InChI is InChI=1S/C77H150O6/c1-4-7-10-13-16-19-22-25-28-31-34-37-38-39-40-41-44-46-49-52-55-58-61-64-67-70-76(79)82-73-74(83-77(80)71-68-65-62-59-56-53-50-47-43-36-33-30-27-24-21-18-15-12-9-6-3)72-81-75(78)69-66-63-60-57-54-51-48-45-42-35-32-29-26-23-20-17-14-11-8-5-2/h74H,4-73H2,1-3H3. The molecular formula is C77H150O6. The number of unbranched alkanes of at least 4 members (excludes halogenated alkanes) is 62. The minimum absolute atomic E-state index is 0.0597. The quantitative estimate of drug-likeness (QED) is 0.0343. The number of rotatable bonds is 73. The van der Waals surface area contributed by atoms with Gasteiger partial charge in [0.05, 0.1) is 0 Å². The Kier molecular flexibility index (Phi) is 71.5. The summed E-state index contributed by atoms with van der Waals surface area (Å²) in [7, 11) is 0. The van der Waals surface area contributed by atoms with Crippen LogP contribution in [0.3, 0.4) is 0 Å². The Morgan fingerprint density at radius 3 is 0.482 bits per heavy atom. The van der Waals surface area contributed by atoms with E-state index in [1.165, 1.54) is 360 Å². The number of hydrogen-bond acceptors (Lipinski definition) is 6. The van der Waals surface area contributed by atoms with Gasteiger partial charge < -0.3 is 14.2 Å². The first-order chi connectivity index (χ1) is 41.0. The largest absolute Gasteiger partial charge is 0.462 e. The molecule has 0 bridgehead atoms. The second kappa shape index (κ2) is 72.9. The minimum Gasteiger partial charge on any atom is -0.462 e. The van der Waals surface area contributed by atoms with Crippen molar-refractivity contribution in [2.75, 3.05) is 13.2 Å². The lowest BCUT2D eigenvalue weighted by atomic mass is 10.0. The maximum Gasteiger partial charge on any atom is 0.306 e. The van der Waals surface area contributed by atoms with Crippen LogP contribution >= 0.6 is 0 Å². The van der Waals surface area contributed by atoms with Crippen LogP contribution in [0.1, 0.15) is 457 Å². The van der Waals surface area contributed by atoms with Gasteiger partial charge in [0, 0.05) is 19.3 Å². The zero-order valence-corrected chi connectivity index (χ0v) is 57.0. The zero-order valence-electron chi connectivity index (χ0n) is 57.0. The molecule has 0 aromatic rings. The van der Waals surface area contributed by atoms with Gasteiger partial charge in [-0.2, -0.15) is 0 Å². The second-order valence-corrected chi connectivity index (χ2v) is 26.6. The lowest BCUT2D eigenvalue weighted by molar-refractivity contribution is -0.167. The summed E-state index contributed by atoms with van der Waals surface area (Å²) in [6.07, 6.45) is 87.2. The van der Waals surface area contributed by atoms with Gasteiger partial charge in [0.25, 0.3) is 0 Å². The Balaban J connectivity index is 4.24. The van der Waals surface area contributed by atoms with Gasteiger partial charge >= 0.3 is 17.9 Å². The Morgan fingerprint density at radius 2 is 0.325 bits per heavy atom. The molecule has 0 saturated heterocycles. The number of ether oxygens (including phenoxy) is 3. The Labute approximate surface area is 520 Å². The molecule has 494 valence electrons. The van der Waals surface area contributed by atoms with E-state index in [4.69, 9.17) is 14.2 Å². The fraction of sp³-hybridized carbons (Fsp3) is 0.961. The van der Waals surface area contributed by atoms with Crippen molar-refractivity contribution in [3.8, 4) is 0 Å². The third kappa shape index (κ3) is 71.1. The number of esters is 3. The predicted molar refractivity (Wildman–Crippen MR) is 363 cm³/mol. The van der Waals surface area contributed by atoms with Crippen LogP contribution < -0.4 is 0 Å². The topological polar surface area (TPSA) is 78.9 Å². The van der Waals surface area contributed by atoms with E-state index in [2.05, 4.69) is 20.8 Å². The summed E-state index contributed by atoms with van der Waals surface area (Å²) >= 11 is 0. The third-order valence-corrected chi connectivity index (χ3v) is 18.1. The molecule has 0 fully saturated rings. The summed E-state index contributed by atoms with van der Waals surface area (Å²) in [5.74, 6) is -0.812. The summed E-state index contributed by atoms with van der Waals surface area (Å²) in [5.41, 5.74) is 0. The molecule has 1 unspecified atom stereocenters. The van der Waals surface area contributed by atoms with Crippen molar-refractivity contribution in [3.63, 3.8) is 0 Å². The molecule has 0 aliphatic rings. The molecule has 83 heavy (non-hydrogen) atoms. The van der Waals surface area contributed by atoms with Gasteiger partial charge in [0.1, 0.15) is 13.2 Å². The molecule has 0 heterocycles. The molecule has 0 saturated carbocycles. The van der Waals surface area contributed by atoms with Crippen molar-refractivity contribution in [1.29, 1.82) is 0 Å². The highest BCUT2D eigenvalue weighted by Gasteiger charge is 2.20. The van der Waals surface area contributed by atoms with Crippen LogP contribution in [-0.4, -0.2) is 37.2 Å². The van der Waals surface area contributed by atoms with E-state index in [9.17, 15) is 14.4 Å². The maximum atomic E-state index is 13.0. The van der Waals surface area contributed by atoms with E-state index >= 15 is 0 Å². The lowest BCUT2D eigenvalue weighted by Gasteiger charge is -2.18. The first-order valence-electron chi connectivity index (χ1n) is 38.5. The molecule has 0 N–H and O–H groups in total. The summed E-state index contributed by atoms with van der Waals surface area (Å²) in [6, 6.07) is 0. The van der Waals surface area contributed by atoms with Crippen LogP contribution in [0.5, 0.6) is 0 Å². The van der Waals surface area contributed by atoms with Crippen LogP contribution in [0.4, 0.5) is 0 Å². The molecule has 6 nitrogen and oxygen atoms in total. The summed E-state index contributed by atoms with van der Waals surface area (Å²) in [4.78, 5) is 38.6. The van der Waals surface area contributed by atoms with E-state index in [1.54, 1.807) is 0 Å². The fourth-order valence-corrected chi connectivity index (χ4v) is 12.3. The van der Waals surface area contributed by atoms with Gasteiger partial charge in [0.15, 0.2) is 6.10 Å². The van der Waals surface area contributed by atoms with Gasteiger partial charge in [-0.1, -0.05) is 419 Å². The van der Waals surface area contributed by atoms with Gasteiger partial charge in [-0.3, -0.25) is 14.4 Å². The minimum atomic E-state index is -0.764. The average molecular weight is 1170 g/mol. The van der Waals surface area contributed by atoms with Gasteiger partial charge in [-0.15, -0.1) is 0 Å². The molecule has 1 atom stereocenters. The van der Waals surface area contributed by atoms with Crippen molar-refractivity contribution >= 4 is 17.9 Å². The summed E-state index contributed by atoms with van der Waals surface area (Å²) in [6.45, 7) is 6.77. The van der Waals surface area contributed by atoms with E-state index < -0.39 is 6.10 Å². The van der Waals surface area contributed by atoms with Crippen LogP contribution in [-0.2, 0) is 28.6 Å². The van der Waals surface area contributed by atoms with Crippen molar-refractivity contribution in [2.24, 2.45) is 0 Å². The molecule has 0 amide bonds. The van der Waals surface area contributed by atoms with Crippen LogP contribution in [0, 0.1) is 0 Å². The number of carbonyl (C=O) groups excluding carboxylic acids is 3. The Hall–Kier alpha value is -1.59. The Bertz CT molecular complexity index is 1250. The van der Waals surface area contributed by atoms with E-state index in [0.29, 0.717) is 19.3 Å². The highest BCUT2D eigenvalue weighted by molar-refractivity contribution is 5.71. The van der Waals surface area contributed by atoms with E-state index in [1.807, 2.05) is 0 Å². The van der Waals surface area contributed by atoms with E-state index in [-0.39, 0.29) is 31.1 Å². The molecule has 0 aliphatic heterocycles. The average Bonchev–Trinajstić information content (AvgIpc) is 3.49. The molecule has 0 aromatic carbocycles. The normalized spacial score (nSPS) is 11.9. The highest BCUT2D eigenvalue weighted by Crippen LogP contribution is 2.20. The lowest BCUT2D eigenvalue weighted by Crippen LogP contribution is -2.30. The number of hydrogen-bond donors (Lipinski definition) is 0. The van der Waals surface area contributed by atoms with Crippen molar-refractivity contribution < 1.29 is 28.6 Å². The number of carbonyl (C=O) groups is 3. The van der Waals surface area contributed by atoms with E-state index in [0.717, 1.165) is 57.8 Å². The predicted octanol–water partition coefficient (Wildman–Crippen LogP) is 26.6. The second-order valence-electron chi connectivity index (χ2n) is 26.6. The van der Waals surface area contributed by atoms with Gasteiger partial charge in [-0.05, 0) is 19.3 Å². The first-order valence-corrected chi connectivity index (χ1v) is 38.5. The zero-order chi connectivity index (χ0) is 59.9. The van der Waals surface area contributed by atoms with Crippen molar-refractivity contribution in [1.82, 2.24) is 0 Å². The van der Waals surface area contributed by atoms with Crippen LogP contribution in [0.2, 0.25) is 0 Å². The molecule has 0 rings (SSSR count). The Morgan fingerprint density at radius 1 is 0.193 bits per heavy atom. The van der Waals surface area contributed by atoms with Gasteiger partial charge in [-0.25, -0.2) is 0 Å². The molecular weight excluding hydrogens is 1020 g/mol. The summed E-state index contributed by atoms with van der Waals surface area (Å²) < 4.78 is 17.1. The van der Waals surface area contributed by atoms with Crippen LogP contribution in [0.15, 0.2) is 0 Å². The first kappa shape index (κ1) is 81.4. The monoisotopic (exact) mass is 1170 g/mol. The molecule has 0 aromatic heterocycles. The fourth-order valence-electron chi connectivity index (χ4n) is 12.3. The van der Waals surface area contributed by atoms with Crippen molar-refractivity contribution in [3.05, 3.63) is 0 Å². The third-order valence-electron chi connectivity index (χ3n) is 18.1. The van der Waals surface area contributed by atoms with Crippen LogP contribution in [0.25, 0.3) is 0 Å². The SMILES string of the molecule is CCCCCCCCCCCCCCCCCCCCCCCCCCCC(=O)OCC(COC(=O)CCCCCCCCCCCCCCCCCCCCCC)OC(=O)CCCCCCCCCCCCCCCCCCCCCC. The molecule has 6 heteroatoms. The molecule has 0 aliphatic carbocycles. The van der Waals surface area contributed by atoms with Gasteiger partial charge in [0.2, 0.25) is 0 Å². The highest BCUT2D eigenvalue weighted by atomic mass is 16.6.